The molecular formula is C12H16F3NO4. The molecule has 0 unspecified atom stereocenters. The lowest BCUT2D eigenvalue weighted by molar-refractivity contribution is -0.173. The maximum absolute atomic E-state index is 11.9. The Bertz CT molecular complexity index is 454. The normalized spacial score (nSPS) is 12.1. The van der Waals surface area contributed by atoms with Gasteiger partial charge in [-0.05, 0) is 12.3 Å². The SMILES string of the molecule is CC(C)Cc1nc(CCOCC(F)(F)F)oc1C(=O)O. The van der Waals surface area contributed by atoms with Crippen LogP contribution in [0.4, 0.5) is 13.2 Å². The number of halogens is 3. The number of aromatic nitrogens is 1. The number of carboxylic acid groups (broad SMARTS) is 1. The molecule has 0 fully saturated rings. The van der Waals surface area contributed by atoms with E-state index < -0.39 is 18.8 Å². The summed E-state index contributed by atoms with van der Waals surface area (Å²) >= 11 is 0. The fourth-order valence-electron chi connectivity index (χ4n) is 1.55. The molecule has 1 aromatic rings. The lowest BCUT2D eigenvalue weighted by Gasteiger charge is -2.05. The first-order valence-electron chi connectivity index (χ1n) is 6.05. The van der Waals surface area contributed by atoms with Crippen molar-refractivity contribution in [3.63, 3.8) is 0 Å². The summed E-state index contributed by atoms with van der Waals surface area (Å²) in [5, 5.41) is 8.96. The van der Waals surface area contributed by atoms with Gasteiger partial charge >= 0.3 is 12.1 Å². The molecule has 0 aliphatic rings. The zero-order chi connectivity index (χ0) is 15.3. The molecule has 5 nitrogen and oxygen atoms in total. The Morgan fingerprint density at radius 2 is 2.10 bits per heavy atom. The number of rotatable bonds is 7. The molecule has 0 aliphatic carbocycles. The molecule has 0 aliphatic heterocycles. The molecule has 0 amide bonds. The Labute approximate surface area is 113 Å². The Morgan fingerprint density at radius 3 is 2.60 bits per heavy atom. The van der Waals surface area contributed by atoms with Crippen LogP contribution >= 0.6 is 0 Å². The van der Waals surface area contributed by atoms with Gasteiger partial charge in [0.25, 0.3) is 0 Å². The number of hydrogen-bond acceptors (Lipinski definition) is 4. The van der Waals surface area contributed by atoms with E-state index in [1.54, 1.807) is 0 Å². The smallest absolute Gasteiger partial charge is 0.411 e. The van der Waals surface area contributed by atoms with Crippen LogP contribution < -0.4 is 0 Å². The summed E-state index contributed by atoms with van der Waals surface area (Å²) in [5.41, 5.74) is 0.304. The van der Waals surface area contributed by atoms with Gasteiger partial charge < -0.3 is 14.3 Å². The van der Waals surface area contributed by atoms with Gasteiger partial charge in [0.2, 0.25) is 5.76 Å². The van der Waals surface area contributed by atoms with Gasteiger partial charge in [-0.3, -0.25) is 0 Å². The van der Waals surface area contributed by atoms with Crippen molar-refractivity contribution in [1.82, 2.24) is 4.98 Å². The van der Waals surface area contributed by atoms with Crippen LogP contribution in [0.3, 0.4) is 0 Å². The Hall–Kier alpha value is -1.57. The molecule has 1 rings (SSSR count). The van der Waals surface area contributed by atoms with Gasteiger partial charge in [-0.1, -0.05) is 13.8 Å². The summed E-state index contributed by atoms with van der Waals surface area (Å²) in [6.07, 6.45) is -3.96. The lowest BCUT2D eigenvalue weighted by Crippen LogP contribution is -2.18. The monoisotopic (exact) mass is 295 g/mol. The molecule has 0 bridgehead atoms. The fraction of sp³-hybridized carbons (Fsp3) is 0.667. The highest BCUT2D eigenvalue weighted by atomic mass is 19.4. The molecule has 8 heteroatoms. The molecule has 0 spiro atoms. The molecule has 0 radical (unpaired) electrons. The summed E-state index contributed by atoms with van der Waals surface area (Å²) in [4.78, 5) is 15.0. The van der Waals surface area contributed by atoms with Crippen molar-refractivity contribution in [1.29, 1.82) is 0 Å². The zero-order valence-electron chi connectivity index (χ0n) is 11.2. The highest BCUT2D eigenvalue weighted by molar-refractivity contribution is 5.85. The van der Waals surface area contributed by atoms with Gasteiger partial charge in [0.05, 0.1) is 12.3 Å². The Kier molecular flexibility index (Phi) is 5.55. The van der Waals surface area contributed by atoms with Crippen LogP contribution in [-0.4, -0.2) is 35.4 Å². The topological polar surface area (TPSA) is 72.6 Å². The van der Waals surface area contributed by atoms with E-state index in [0.717, 1.165) is 0 Å². The van der Waals surface area contributed by atoms with E-state index in [0.29, 0.717) is 12.1 Å². The van der Waals surface area contributed by atoms with Gasteiger partial charge in [0.1, 0.15) is 6.61 Å². The Balaban J connectivity index is 2.60. The van der Waals surface area contributed by atoms with Crippen LogP contribution in [0.2, 0.25) is 0 Å². The summed E-state index contributed by atoms with van der Waals surface area (Å²) < 4.78 is 45.0. The molecule has 114 valence electrons. The Morgan fingerprint density at radius 1 is 1.45 bits per heavy atom. The van der Waals surface area contributed by atoms with E-state index in [-0.39, 0.29) is 30.6 Å². The second-order valence-corrected chi connectivity index (χ2v) is 4.70. The van der Waals surface area contributed by atoms with Gasteiger partial charge in [-0.2, -0.15) is 13.2 Å². The van der Waals surface area contributed by atoms with E-state index in [1.165, 1.54) is 0 Å². The zero-order valence-corrected chi connectivity index (χ0v) is 11.2. The highest BCUT2D eigenvalue weighted by Gasteiger charge is 2.27. The first-order chi connectivity index (χ1) is 9.19. The number of carboxylic acids is 1. The van der Waals surface area contributed by atoms with Gasteiger partial charge in [0.15, 0.2) is 5.89 Å². The van der Waals surface area contributed by atoms with E-state index in [2.05, 4.69) is 9.72 Å². The van der Waals surface area contributed by atoms with Crippen molar-refractivity contribution in [3.05, 3.63) is 17.3 Å². The number of oxazole rings is 1. The lowest BCUT2D eigenvalue weighted by atomic mass is 10.1. The molecule has 20 heavy (non-hydrogen) atoms. The first kappa shape index (κ1) is 16.5. The molecular weight excluding hydrogens is 279 g/mol. The second kappa shape index (κ2) is 6.74. The summed E-state index contributed by atoms with van der Waals surface area (Å²) in [6.45, 7) is 2.21. The third-order valence-electron chi connectivity index (χ3n) is 2.26. The highest BCUT2D eigenvalue weighted by Crippen LogP contribution is 2.17. The van der Waals surface area contributed by atoms with E-state index in [1.807, 2.05) is 13.8 Å². The maximum atomic E-state index is 11.9. The van der Waals surface area contributed by atoms with Crippen molar-refractivity contribution in [2.75, 3.05) is 13.2 Å². The van der Waals surface area contributed by atoms with Gasteiger partial charge in [-0.25, -0.2) is 9.78 Å². The fourth-order valence-corrected chi connectivity index (χ4v) is 1.55. The predicted octanol–water partition coefficient (Wildman–Crippen LogP) is 2.69. The van der Waals surface area contributed by atoms with Gasteiger partial charge in [-0.15, -0.1) is 0 Å². The van der Waals surface area contributed by atoms with Crippen molar-refractivity contribution in [3.8, 4) is 0 Å². The van der Waals surface area contributed by atoms with Crippen LogP contribution in [0.5, 0.6) is 0 Å². The number of ether oxygens (including phenoxy) is 1. The number of alkyl halides is 3. The minimum atomic E-state index is -4.38. The molecule has 1 heterocycles. The van der Waals surface area contributed by atoms with Crippen LogP contribution in [0.15, 0.2) is 4.42 Å². The molecule has 1 N–H and O–H groups in total. The van der Waals surface area contributed by atoms with Gasteiger partial charge in [0, 0.05) is 6.42 Å². The maximum Gasteiger partial charge on any atom is 0.411 e. The number of carbonyl (C=O) groups is 1. The molecule has 0 saturated heterocycles. The van der Waals surface area contributed by atoms with Crippen molar-refractivity contribution >= 4 is 5.97 Å². The van der Waals surface area contributed by atoms with E-state index >= 15 is 0 Å². The van der Waals surface area contributed by atoms with E-state index in [9.17, 15) is 18.0 Å². The molecule has 1 aromatic heterocycles. The summed E-state index contributed by atoms with van der Waals surface area (Å²) in [7, 11) is 0. The largest absolute Gasteiger partial charge is 0.475 e. The standard InChI is InChI=1S/C12H16F3NO4/c1-7(2)5-8-10(11(17)18)20-9(16-8)3-4-19-6-12(13,14)15/h7H,3-6H2,1-2H3,(H,17,18). The van der Waals surface area contributed by atoms with Crippen LogP contribution in [-0.2, 0) is 17.6 Å². The third kappa shape index (κ3) is 5.60. The van der Waals surface area contributed by atoms with Crippen LogP contribution in [0, 0.1) is 5.92 Å². The minimum Gasteiger partial charge on any atom is -0.475 e. The van der Waals surface area contributed by atoms with Crippen LogP contribution in [0.25, 0.3) is 0 Å². The average molecular weight is 295 g/mol. The number of aromatic carboxylic acids is 1. The first-order valence-corrected chi connectivity index (χ1v) is 6.05. The number of nitrogens with zero attached hydrogens (tertiary/aromatic N) is 1. The van der Waals surface area contributed by atoms with Crippen LogP contribution in [0.1, 0.15) is 36.0 Å². The second-order valence-electron chi connectivity index (χ2n) is 4.70. The van der Waals surface area contributed by atoms with E-state index in [4.69, 9.17) is 9.52 Å². The average Bonchev–Trinajstić information content (AvgIpc) is 2.65. The third-order valence-corrected chi connectivity index (χ3v) is 2.26. The minimum absolute atomic E-state index is 0.00550. The molecule has 0 aromatic carbocycles. The van der Waals surface area contributed by atoms with Crippen molar-refractivity contribution in [2.24, 2.45) is 5.92 Å². The van der Waals surface area contributed by atoms with Crippen molar-refractivity contribution in [2.45, 2.75) is 32.9 Å². The summed E-state index contributed by atoms with van der Waals surface area (Å²) in [6, 6.07) is 0. The molecule has 0 saturated carbocycles. The summed E-state index contributed by atoms with van der Waals surface area (Å²) in [5.74, 6) is -1.24. The molecule has 0 atom stereocenters. The predicted molar refractivity (Wildman–Crippen MR) is 62.6 cm³/mol. The number of hydrogen-bond donors (Lipinski definition) is 1. The van der Waals surface area contributed by atoms with Crippen molar-refractivity contribution < 1.29 is 32.2 Å². The quantitative estimate of drug-likeness (QED) is 0.783.